The quantitative estimate of drug-likeness (QED) is 0.516. The number of fused-ring (bicyclic) bond motifs is 1. The molecule has 0 bridgehead atoms. The van der Waals surface area contributed by atoms with Crippen molar-refractivity contribution in [2.45, 2.75) is 19.9 Å². The Morgan fingerprint density at radius 2 is 1.91 bits per heavy atom. The van der Waals surface area contributed by atoms with Gasteiger partial charge in [0.05, 0.1) is 0 Å². The Balaban J connectivity index is 1.94. The van der Waals surface area contributed by atoms with Gasteiger partial charge in [0.2, 0.25) is 0 Å². The van der Waals surface area contributed by atoms with Crippen LogP contribution < -0.4 is 0 Å². The number of carbonyl (C=O) groups excluding carboxylic acids is 2. The van der Waals surface area contributed by atoms with Crippen molar-refractivity contribution in [3.05, 3.63) is 68.3 Å². The predicted molar refractivity (Wildman–Crippen MR) is 97.3 cm³/mol. The fourth-order valence-corrected chi connectivity index (χ4v) is 7.20. The van der Waals surface area contributed by atoms with Crippen molar-refractivity contribution in [3.8, 4) is 0 Å². The van der Waals surface area contributed by atoms with Crippen LogP contribution in [0.3, 0.4) is 0 Å². The van der Waals surface area contributed by atoms with Crippen LogP contribution in [-0.2, 0) is 3.07 Å². The number of nitrogens with zero attached hydrogens (tertiary/aromatic N) is 1. The zero-order valence-corrected chi connectivity index (χ0v) is 15.5. The summed E-state index contributed by atoms with van der Waals surface area (Å²) in [7, 11) is 0. The van der Waals surface area contributed by atoms with E-state index in [0.29, 0.717) is 16.1 Å². The first-order valence-electron chi connectivity index (χ1n) is 7.10. The van der Waals surface area contributed by atoms with Gasteiger partial charge in [-0.1, -0.05) is 0 Å². The van der Waals surface area contributed by atoms with Crippen molar-refractivity contribution in [2.24, 2.45) is 0 Å². The standard InChI is InChI=1S/C17H15ClINO3/c1-11(2)20-16(21)14-8-3-4-9-15(14)19(20)23-17(22)12-6-5-7-13(18)10-12/h3-11H,1-2H3. The van der Waals surface area contributed by atoms with Gasteiger partial charge in [-0.25, -0.2) is 0 Å². The van der Waals surface area contributed by atoms with Crippen LogP contribution in [0.2, 0.25) is 5.02 Å². The minimum atomic E-state index is -2.57. The van der Waals surface area contributed by atoms with Crippen molar-refractivity contribution in [1.29, 1.82) is 0 Å². The first-order valence-corrected chi connectivity index (χ1v) is 10.4. The Hall–Kier alpha value is -1.60. The second-order valence-electron chi connectivity index (χ2n) is 5.30. The molecule has 6 heteroatoms. The van der Waals surface area contributed by atoms with Crippen LogP contribution in [-0.4, -0.2) is 21.0 Å². The molecule has 0 N–H and O–H groups in total. The van der Waals surface area contributed by atoms with Crippen molar-refractivity contribution in [2.75, 3.05) is 0 Å². The van der Waals surface area contributed by atoms with Crippen molar-refractivity contribution >= 4 is 44.0 Å². The van der Waals surface area contributed by atoms with Crippen molar-refractivity contribution < 1.29 is 12.7 Å². The molecule has 1 aliphatic heterocycles. The van der Waals surface area contributed by atoms with Gasteiger partial charge >= 0.3 is 148 Å². The summed E-state index contributed by atoms with van der Waals surface area (Å²) in [5, 5.41) is 0.479. The van der Waals surface area contributed by atoms with Gasteiger partial charge in [0.15, 0.2) is 0 Å². The van der Waals surface area contributed by atoms with Crippen LogP contribution in [0.15, 0.2) is 48.5 Å². The van der Waals surface area contributed by atoms with Gasteiger partial charge in [-0.2, -0.15) is 0 Å². The van der Waals surface area contributed by atoms with E-state index in [1.807, 2.05) is 32.0 Å². The number of amides is 1. The zero-order chi connectivity index (χ0) is 16.6. The van der Waals surface area contributed by atoms with Gasteiger partial charge in [-0.3, -0.25) is 0 Å². The fraction of sp³-hybridized carbons (Fsp3) is 0.176. The third kappa shape index (κ3) is 3.07. The molecule has 1 amide bonds. The SMILES string of the molecule is CC(C)N1C(=O)c2ccccc2I1OC(=O)c1cccc(Cl)c1. The van der Waals surface area contributed by atoms with Crippen LogP contribution in [0, 0.1) is 3.57 Å². The van der Waals surface area contributed by atoms with Crippen LogP contribution in [0.25, 0.3) is 0 Å². The van der Waals surface area contributed by atoms with Crippen LogP contribution in [0.1, 0.15) is 34.6 Å². The Kier molecular flexibility index (Phi) is 4.59. The number of benzene rings is 2. The topological polar surface area (TPSA) is 46.6 Å². The molecule has 0 unspecified atom stereocenters. The number of hydrogen-bond acceptors (Lipinski definition) is 3. The van der Waals surface area contributed by atoms with E-state index in [-0.39, 0.29) is 11.9 Å². The molecule has 0 radical (unpaired) electrons. The van der Waals surface area contributed by atoms with Gasteiger partial charge in [0, 0.05) is 0 Å². The molecule has 0 aliphatic carbocycles. The first-order chi connectivity index (χ1) is 11.0. The predicted octanol–water partition coefficient (Wildman–Crippen LogP) is 4.57. The fourth-order valence-electron chi connectivity index (χ4n) is 2.28. The summed E-state index contributed by atoms with van der Waals surface area (Å²) in [4.78, 5) is 25.0. The molecule has 0 spiro atoms. The zero-order valence-electron chi connectivity index (χ0n) is 12.6. The van der Waals surface area contributed by atoms with E-state index in [9.17, 15) is 9.59 Å². The van der Waals surface area contributed by atoms with Gasteiger partial charge < -0.3 is 0 Å². The maximum atomic E-state index is 12.6. The summed E-state index contributed by atoms with van der Waals surface area (Å²) in [5.41, 5.74) is 1.04. The second-order valence-corrected chi connectivity index (χ2v) is 9.69. The molecular weight excluding hydrogens is 429 g/mol. The van der Waals surface area contributed by atoms with Gasteiger partial charge in [0.1, 0.15) is 0 Å². The molecule has 1 aliphatic rings. The van der Waals surface area contributed by atoms with Gasteiger partial charge in [-0.15, -0.1) is 0 Å². The average Bonchev–Trinajstić information content (AvgIpc) is 2.80. The molecule has 1 heterocycles. The number of rotatable bonds is 3. The average molecular weight is 444 g/mol. The third-order valence-electron chi connectivity index (χ3n) is 3.29. The van der Waals surface area contributed by atoms with Crippen LogP contribution in [0.5, 0.6) is 0 Å². The summed E-state index contributed by atoms with van der Waals surface area (Å²) in [6, 6.07) is 14.0. The molecule has 120 valence electrons. The van der Waals surface area contributed by atoms with Crippen molar-refractivity contribution in [1.82, 2.24) is 3.11 Å². The van der Waals surface area contributed by atoms with E-state index >= 15 is 0 Å². The first kappa shape index (κ1) is 16.3. The van der Waals surface area contributed by atoms with E-state index in [4.69, 9.17) is 14.7 Å². The second kappa shape index (κ2) is 6.49. The monoisotopic (exact) mass is 443 g/mol. The van der Waals surface area contributed by atoms with E-state index in [1.165, 1.54) is 0 Å². The molecule has 3 rings (SSSR count). The van der Waals surface area contributed by atoms with Crippen molar-refractivity contribution in [3.63, 3.8) is 0 Å². The molecule has 0 fully saturated rings. The molecule has 0 atom stereocenters. The molecule has 0 aromatic heterocycles. The van der Waals surface area contributed by atoms with Gasteiger partial charge in [-0.05, 0) is 0 Å². The summed E-state index contributed by atoms with van der Waals surface area (Å²) < 4.78 is 8.39. The summed E-state index contributed by atoms with van der Waals surface area (Å²) in [5.74, 6) is -0.493. The summed E-state index contributed by atoms with van der Waals surface area (Å²) >= 11 is 3.36. The van der Waals surface area contributed by atoms with E-state index in [0.717, 1.165) is 3.57 Å². The van der Waals surface area contributed by atoms with E-state index < -0.39 is 26.5 Å². The minimum absolute atomic E-state index is 0.0211. The molecule has 4 nitrogen and oxygen atoms in total. The van der Waals surface area contributed by atoms with Crippen LogP contribution in [0.4, 0.5) is 0 Å². The number of hydrogen-bond donors (Lipinski definition) is 0. The number of halogens is 2. The molecule has 0 saturated heterocycles. The summed E-state index contributed by atoms with van der Waals surface area (Å²) in [6.45, 7) is 3.86. The van der Waals surface area contributed by atoms with E-state index in [2.05, 4.69) is 0 Å². The van der Waals surface area contributed by atoms with Crippen LogP contribution >= 0.6 is 32.1 Å². The Morgan fingerprint density at radius 1 is 1.17 bits per heavy atom. The van der Waals surface area contributed by atoms with E-state index in [1.54, 1.807) is 33.4 Å². The normalized spacial score (nSPS) is 15.0. The Labute approximate surface area is 147 Å². The number of carbonyl (C=O) groups is 2. The molecule has 2 aromatic rings. The summed E-state index contributed by atoms with van der Waals surface area (Å²) in [6.07, 6.45) is 0. The third-order valence-corrected chi connectivity index (χ3v) is 8.78. The molecule has 2 aromatic carbocycles. The molecule has 0 saturated carbocycles. The Morgan fingerprint density at radius 3 is 2.61 bits per heavy atom. The molecular formula is C17H15ClINO3. The molecule has 23 heavy (non-hydrogen) atoms. The maximum absolute atomic E-state index is 12.6. The van der Waals surface area contributed by atoms with Gasteiger partial charge in [0.25, 0.3) is 0 Å². The Bertz CT molecular complexity index is 778.